The number of halogens is 5. The molecule has 0 spiro atoms. The second-order valence-corrected chi connectivity index (χ2v) is 10.6. The lowest BCUT2D eigenvalue weighted by molar-refractivity contribution is -0.122. The number of rotatable bonds is 9. The number of carbonyl (C=O) groups excluding carboxylic acids is 2. The van der Waals surface area contributed by atoms with E-state index >= 15 is 0 Å². The summed E-state index contributed by atoms with van der Waals surface area (Å²) >= 11 is 0. The molecule has 6 rings (SSSR count). The highest BCUT2D eigenvalue weighted by Crippen LogP contribution is 2.57. The van der Waals surface area contributed by atoms with Crippen LogP contribution in [0.25, 0.3) is 11.1 Å². The molecule has 2 heterocycles. The minimum absolute atomic E-state index is 0.130. The molecule has 0 saturated heterocycles. The van der Waals surface area contributed by atoms with Crippen molar-refractivity contribution >= 4 is 11.8 Å². The smallest absolute Gasteiger partial charge is 0.280 e. The van der Waals surface area contributed by atoms with E-state index < -0.39 is 48.3 Å². The minimum Gasteiger partial charge on any atom is -0.366 e. The van der Waals surface area contributed by atoms with Gasteiger partial charge in [-0.05, 0) is 66.6 Å². The minimum atomic E-state index is -2.82. The maximum Gasteiger partial charge on any atom is 0.280 e. The van der Waals surface area contributed by atoms with Crippen molar-refractivity contribution in [3.05, 3.63) is 106 Å². The van der Waals surface area contributed by atoms with Crippen molar-refractivity contribution in [1.29, 1.82) is 0 Å². The predicted octanol–water partition coefficient (Wildman–Crippen LogP) is 5.16. The van der Waals surface area contributed by atoms with Crippen LogP contribution in [0.2, 0.25) is 0 Å². The zero-order valence-corrected chi connectivity index (χ0v) is 22.0. The van der Waals surface area contributed by atoms with E-state index in [-0.39, 0.29) is 34.9 Å². The van der Waals surface area contributed by atoms with Crippen LogP contribution in [0.15, 0.2) is 54.7 Å². The van der Waals surface area contributed by atoms with Crippen molar-refractivity contribution < 1.29 is 31.5 Å². The molecular formula is C30H24F5N5O2. The van der Waals surface area contributed by atoms with Gasteiger partial charge in [-0.2, -0.15) is 5.10 Å². The van der Waals surface area contributed by atoms with Crippen LogP contribution in [0.5, 0.6) is 0 Å². The summed E-state index contributed by atoms with van der Waals surface area (Å²) in [5.74, 6) is -3.66. The van der Waals surface area contributed by atoms with Crippen molar-refractivity contribution in [2.24, 2.45) is 11.7 Å². The van der Waals surface area contributed by atoms with E-state index in [4.69, 9.17) is 5.73 Å². The number of hydrogen-bond acceptors (Lipinski definition) is 4. The Balaban J connectivity index is 1.36. The summed E-state index contributed by atoms with van der Waals surface area (Å²) in [4.78, 5) is 29.5. The fourth-order valence-electron chi connectivity index (χ4n) is 5.85. The first-order valence-electron chi connectivity index (χ1n) is 13.3. The molecule has 0 aliphatic heterocycles. The van der Waals surface area contributed by atoms with Crippen molar-refractivity contribution in [1.82, 2.24) is 20.1 Å². The fourth-order valence-corrected chi connectivity index (χ4v) is 5.85. The number of alkyl halides is 2. The third-order valence-electron chi connectivity index (χ3n) is 7.77. The Kier molecular flexibility index (Phi) is 6.99. The van der Waals surface area contributed by atoms with Gasteiger partial charge in [0.05, 0.1) is 23.0 Å². The van der Waals surface area contributed by atoms with Crippen LogP contribution in [0.1, 0.15) is 63.4 Å². The molecule has 2 aromatic carbocycles. The Hall–Kier alpha value is -4.61. The van der Waals surface area contributed by atoms with Gasteiger partial charge in [-0.3, -0.25) is 19.3 Å². The molecule has 12 heteroatoms. The summed E-state index contributed by atoms with van der Waals surface area (Å²) in [5, 5.41) is 7.11. The standard InChI is InChI=1S/C30H24F5N5O2/c31-17-6-14(7-18(32)12-17)8-24(27-19(2-1-5-37-27)15-3-4-23(33)21(9-15)30(36)42)38-25(41)13-40-28(29(34)35)22-11-16-10-20(16)26(22)39-40/h1-7,9,12,16,20,24,29H,8,10-11,13H2,(H2,36,42)(H,38,41)/t16-,20?,24+/m1/s1. The number of pyridine rings is 1. The third kappa shape index (κ3) is 5.24. The molecular weight excluding hydrogens is 557 g/mol. The van der Waals surface area contributed by atoms with E-state index in [0.29, 0.717) is 40.8 Å². The number of amides is 2. The SMILES string of the molecule is NC(=O)c1cc(-c2cccnc2[C@H](Cc2cc(F)cc(F)c2)NC(=O)Cn2nc3c(c2C(F)F)C[C@H]2CC32)ccc1F. The highest BCUT2D eigenvalue weighted by molar-refractivity contribution is 5.94. The van der Waals surface area contributed by atoms with Gasteiger partial charge < -0.3 is 11.1 Å². The van der Waals surface area contributed by atoms with Crippen LogP contribution in [0.3, 0.4) is 0 Å². The molecule has 1 fully saturated rings. The Morgan fingerprint density at radius 3 is 2.55 bits per heavy atom. The van der Waals surface area contributed by atoms with Crippen LogP contribution in [-0.2, 0) is 24.2 Å². The normalized spacial score (nSPS) is 17.6. The predicted molar refractivity (Wildman–Crippen MR) is 141 cm³/mol. The van der Waals surface area contributed by atoms with Gasteiger partial charge >= 0.3 is 0 Å². The van der Waals surface area contributed by atoms with Crippen LogP contribution in [0, 0.1) is 23.4 Å². The first-order valence-corrected chi connectivity index (χ1v) is 13.3. The molecule has 0 radical (unpaired) electrons. The number of benzene rings is 2. The Bertz CT molecular complexity index is 1700. The summed E-state index contributed by atoms with van der Waals surface area (Å²) in [6.45, 7) is -0.511. The van der Waals surface area contributed by atoms with Gasteiger partial charge in [-0.1, -0.05) is 12.1 Å². The number of fused-ring (bicyclic) bond motifs is 3. The zero-order valence-electron chi connectivity index (χ0n) is 22.0. The number of hydrogen-bond donors (Lipinski definition) is 2. The largest absolute Gasteiger partial charge is 0.366 e. The number of nitrogens with two attached hydrogens (primary N) is 1. The molecule has 2 amide bonds. The summed E-state index contributed by atoms with van der Waals surface area (Å²) in [6, 6.07) is 8.80. The summed E-state index contributed by atoms with van der Waals surface area (Å²) < 4.78 is 71.4. The van der Waals surface area contributed by atoms with Crippen molar-refractivity contribution in [2.45, 2.75) is 44.2 Å². The molecule has 2 aliphatic rings. The van der Waals surface area contributed by atoms with Crippen LogP contribution in [0.4, 0.5) is 22.0 Å². The molecule has 3 atom stereocenters. The van der Waals surface area contributed by atoms with E-state index in [1.807, 2.05) is 0 Å². The highest BCUT2D eigenvalue weighted by atomic mass is 19.3. The van der Waals surface area contributed by atoms with E-state index in [1.54, 1.807) is 12.1 Å². The van der Waals surface area contributed by atoms with Crippen molar-refractivity contribution in [2.75, 3.05) is 0 Å². The number of carbonyl (C=O) groups is 2. The lowest BCUT2D eigenvalue weighted by Crippen LogP contribution is -2.34. The number of primary amides is 1. The van der Waals surface area contributed by atoms with E-state index in [0.717, 1.165) is 29.3 Å². The quantitative estimate of drug-likeness (QED) is 0.267. The lowest BCUT2D eigenvalue weighted by atomic mass is 9.94. The molecule has 3 N–H and O–H groups in total. The summed E-state index contributed by atoms with van der Waals surface area (Å²) in [6.07, 6.45) is -0.110. The van der Waals surface area contributed by atoms with Crippen molar-refractivity contribution in [3.63, 3.8) is 0 Å². The molecule has 0 bridgehead atoms. The average Bonchev–Trinajstić information content (AvgIpc) is 3.47. The van der Waals surface area contributed by atoms with Gasteiger partial charge in [0.1, 0.15) is 29.7 Å². The molecule has 4 aromatic rings. The lowest BCUT2D eigenvalue weighted by Gasteiger charge is -2.22. The van der Waals surface area contributed by atoms with Gasteiger partial charge in [-0.15, -0.1) is 0 Å². The van der Waals surface area contributed by atoms with Gasteiger partial charge in [-0.25, -0.2) is 22.0 Å². The molecule has 216 valence electrons. The van der Waals surface area contributed by atoms with Crippen LogP contribution in [-0.4, -0.2) is 26.6 Å². The third-order valence-corrected chi connectivity index (χ3v) is 7.77. The number of nitrogens with one attached hydrogen (secondary N) is 1. The number of nitrogens with zero attached hydrogens (tertiary/aromatic N) is 3. The highest BCUT2D eigenvalue weighted by Gasteiger charge is 2.49. The van der Waals surface area contributed by atoms with E-state index in [1.165, 1.54) is 18.3 Å². The fraction of sp³-hybridized carbons (Fsp3) is 0.267. The zero-order chi connectivity index (χ0) is 29.7. The Labute approximate surface area is 236 Å². The molecule has 42 heavy (non-hydrogen) atoms. The first kappa shape index (κ1) is 27.6. The number of aromatic nitrogens is 3. The summed E-state index contributed by atoms with van der Waals surface area (Å²) in [7, 11) is 0. The van der Waals surface area contributed by atoms with Gasteiger partial charge in [0.2, 0.25) is 5.91 Å². The van der Waals surface area contributed by atoms with Gasteiger partial charge in [0.25, 0.3) is 12.3 Å². The second kappa shape index (κ2) is 10.7. The molecule has 2 aliphatic carbocycles. The monoisotopic (exact) mass is 581 g/mol. The van der Waals surface area contributed by atoms with E-state index in [2.05, 4.69) is 15.4 Å². The maximum absolute atomic E-state index is 14.2. The molecule has 2 aromatic heterocycles. The topological polar surface area (TPSA) is 103 Å². The van der Waals surface area contributed by atoms with Crippen LogP contribution >= 0.6 is 0 Å². The molecule has 1 saturated carbocycles. The van der Waals surface area contributed by atoms with Crippen LogP contribution < -0.4 is 11.1 Å². The Morgan fingerprint density at radius 1 is 1.07 bits per heavy atom. The van der Waals surface area contributed by atoms with E-state index in [9.17, 15) is 31.5 Å². The van der Waals surface area contributed by atoms with Crippen molar-refractivity contribution in [3.8, 4) is 11.1 Å². The Morgan fingerprint density at radius 2 is 1.83 bits per heavy atom. The average molecular weight is 582 g/mol. The van der Waals surface area contributed by atoms with Gasteiger partial charge in [0, 0.05) is 29.3 Å². The second-order valence-electron chi connectivity index (χ2n) is 10.6. The first-order chi connectivity index (χ1) is 20.1. The molecule has 7 nitrogen and oxygen atoms in total. The summed E-state index contributed by atoms with van der Waals surface area (Å²) in [5.41, 5.74) is 6.94. The molecule has 1 unspecified atom stereocenters. The maximum atomic E-state index is 14.2. The van der Waals surface area contributed by atoms with Gasteiger partial charge in [0.15, 0.2) is 0 Å².